The molecule has 1 fully saturated rings. The Morgan fingerprint density at radius 3 is 2.61 bits per heavy atom. The van der Waals surface area contributed by atoms with E-state index in [1.54, 1.807) is 19.2 Å². The van der Waals surface area contributed by atoms with Gasteiger partial charge in [0.25, 0.3) is 0 Å². The summed E-state index contributed by atoms with van der Waals surface area (Å²) in [6, 6.07) is 6.66. The van der Waals surface area contributed by atoms with Crippen molar-refractivity contribution in [2.24, 2.45) is 0 Å². The second-order valence-corrected chi connectivity index (χ2v) is 7.80. The molecule has 3 heterocycles. The Morgan fingerprint density at radius 1 is 1.16 bits per heavy atom. The molecule has 6 nitrogen and oxygen atoms in total. The summed E-state index contributed by atoms with van der Waals surface area (Å²) in [4.78, 5) is 10.9. The van der Waals surface area contributed by atoms with E-state index in [2.05, 4.69) is 20.2 Å². The summed E-state index contributed by atoms with van der Waals surface area (Å²) in [5.74, 6) is 0. The average Bonchev–Trinajstić information content (AvgIpc) is 2.73. The van der Waals surface area contributed by atoms with E-state index in [1.807, 2.05) is 6.07 Å². The zero-order chi connectivity index (χ0) is 22.2. The van der Waals surface area contributed by atoms with Crippen molar-refractivity contribution >= 4 is 39.7 Å². The summed E-state index contributed by atoms with van der Waals surface area (Å²) >= 11 is 6.17. The number of hydrogen-bond donors (Lipinski definition) is 2. The first kappa shape index (κ1) is 21.5. The van der Waals surface area contributed by atoms with Crippen LogP contribution in [-0.4, -0.2) is 36.3 Å². The highest BCUT2D eigenvalue weighted by Gasteiger charge is 2.31. The Hall–Kier alpha value is -2.78. The molecule has 4 rings (SSSR count). The zero-order valence-corrected chi connectivity index (χ0v) is 17.5. The van der Waals surface area contributed by atoms with Gasteiger partial charge in [-0.15, -0.1) is 0 Å². The third kappa shape index (κ3) is 4.77. The minimum absolute atomic E-state index is 0.0485. The van der Waals surface area contributed by atoms with E-state index in [9.17, 15) is 13.2 Å². The molecule has 2 aromatic heterocycles. The molecule has 3 N–H and O–H groups in total. The molecule has 164 valence electrons. The van der Waals surface area contributed by atoms with Gasteiger partial charge in [-0.05, 0) is 42.8 Å². The third-order valence-corrected chi connectivity index (χ3v) is 5.37. The number of benzene rings is 1. The van der Waals surface area contributed by atoms with Crippen molar-refractivity contribution in [3.63, 3.8) is 0 Å². The quantitative estimate of drug-likeness (QED) is 0.434. The molecular formula is C21H21ClF3N5O. The average molecular weight is 452 g/mol. The lowest BCUT2D eigenvalue weighted by molar-refractivity contribution is -0.137. The van der Waals surface area contributed by atoms with Crippen LogP contribution in [0, 0.1) is 0 Å². The molecule has 1 atom stereocenters. The topological polar surface area (TPSA) is 76.3 Å². The van der Waals surface area contributed by atoms with Crippen LogP contribution >= 0.6 is 11.6 Å². The van der Waals surface area contributed by atoms with Crippen LogP contribution in [0.5, 0.6) is 0 Å². The summed E-state index contributed by atoms with van der Waals surface area (Å²) in [5, 5.41) is 4.20. The van der Waals surface area contributed by atoms with Crippen LogP contribution in [0.25, 0.3) is 11.0 Å². The van der Waals surface area contributed by atoms with Gasteiger partial charge < -0.3 is 20.7 Å². The summed E-state index contributed by atoms with van der Waals surface area (Å²) in [7, 11) is 0. The molecule has 0 amide bonds. The normalized spacial score (nSPS) is 15.8. The molecule has 1 aliphatic heterocycles. The van der Waals surface area contributed by atoms with E-state index in [-0.39, 0.29) is 10.8 Å². The van der Waals surface area contributed by atoms with E-state index in [1.165, 1.54) is 6.07 Å². The van der Waals surface area contributed by atoms with Gasteiger partial charge >= 0.3 is 6.18 Å². The highest BCUT2D eigenvalue weighted by atomic mass is 35.5. The number of pyridine rings is 2. The first-order valence-electron chi connectivity index (χ1n) is 9.74. The second kappa shape index (κ2) is 8.39. The third-order valence-electron chi connectivity index (χ3n) is 5.17. The number of nitrogens with zero attached hydrogens (tertiary/aromatic N) is 3. The summed E-state index contributed by atoms with van der Waals surface area (Å²) in [6.45, 7) is 4.52. The number of hydrogen-bond acceptors (Lipinski definition) is 6. The minimum atomic E-state index is -4.48. The Labute approximate surface area is 182 Å². The van der Waals surface area contributed by atoms with Gasteiger partial charge in [-0.25, -0.2) is 9.97 Å². The second-order valence-electron chi connectivity index (χ2n) is 7.41. The van der Waals surface area contributed by atoms with Crippen LogP contribution in [0.4, 0.5) is 30.2 Å². The van der Waals surface area contributed by atoms with Gasteiger partial charge in [0.15, 0.2) is 5.65 Å². The Kier molecular flexibility index (Phi) is 5.81. The predicted molar refractivity (Wildman–Crippen MR) is 115 cm³/mol. The van der Waals surface area contributed by atoms with Gasteiger partial charge in [0.2, 0.25) is 0 Å². The van der Waals surface area contributed by atoms with Crippen molar-refractivity contribution in [2.45, 2.75) is 19.1 Å². The maximum Gasteiger partial charge on any atom is 0.416 e. The van der Waals surface area contributed by atoms with Crippen molar-refractivity contribution in [3.8, 4) is 0 Å². The van der Waals surface area contributed by atoms with E-state index in [0.717, 1.165) is 36.3 Å². The fourth-order valence-corrected chi connectivity index (χ4v) is 3.77. The highest BCUT2D eigenvalue weighted by Crippen LogP contribution is 2.35. The van der Waals surface area contributed by atoms with Crippen molar-refractivity contribution in [1.29, 1.82) is 0 Å². The molecule has 10 heteroatoms. The van der Waals surface area contributed by atoms with E-state index >= 15 is 0 Å². The maximum atomic E-state index is 13.2. The number of morpholine rings is 1. The monoisotopic (exact) mass is 451 g/mol. The van der Waals surface area contributed by atoms with E-state index < -0.39 is 17.8 Å². The minimum Gasteiger partial charge on any atom is -0.399 e. The summed E-state index contributed by atoms with van der Waals surface area (Å²) < 4.78 is 45.0. The lowest BCUT2D eigenvalue weighted by Gasteiger charge is -2.28. The van der Waals surface area contributed by atoms with Gasteiger partial charge in [-0.3, -0.25) is 0 Å². The van der Waals surface area contributed by atoms with Crippen molar-refractivity contribution < 1.29 is 17.9 Å². The van der Waals surface area contributed by atoms with Crippen LogP contribution in [0.1, 0.15) is 24.1 Å². The number of rotatable bonds is 4. The number of anilines is 3. The molecular weight excluding hydrogens is 431 g/mol. The number of halogens is 4. The molecule has 0 bridgehead atoms. The van der Waals surface area contributed by atoms with Crippen LogP contribution in [0.15, 0.2) is 36.5 Å². The number of alkyl halides is 3. The molecule has 1 aliphatic rings. The van der Waals surface area contributed by atoms with Crippen LogP contribution in [0.3, 0.4) is 0 Å². The molecule has 31 heavy (non-hydrogen) atoms. The molecule has 1 saturated heterocycles. The van der Waals surface area contributed by atoms with Gasteiger partial charge in [0.05, 0.1) is 30.7 Å². The number of nitrogens with two attached hydrogens (primary N) is 1. The molecule has 1 unspecified atom stereocenters. The van der Waals surface area contributed by atoms with Crippen molar-refractivity contribution in [3.05, 3.63) is 52.8 Å². The van der Waals surface area contributed by atoms with Crippen LogP contribution in [-0.2, 0) is 10.9 Å². The fraction of sp³-hybridized carbons (Fsp3) is 0.333. The number of fused-ring (bicyclic) bond motifs is 1. The molecule has 3 aromatic rings. The summed E-state index contributed by atoms with van der Waals surface area (Å²) in [5.41, 5.74) is 7.38. The number of aromatic nitrogens is 2. The van der Waals surface area contributed by atoms with Gasteiger partial charge in [-0.1, -0.05) is 11.6 Å². The Morgan fingerprint density at radius 2 is 1.90 bits per heavy atom. The SMILES string of the molecule is CC(Nc1cc(Cl)nc2ncc(N3CCOCC3)cc12)c1cc(N)cc(C(F)(F)F)c1. The Balaban J connectivity index is 1.69. The molecule has 0 saturated carbocycles. The lowest BCUT2D eigenvalue weighted by atomic mass is 10.0. The van der Waals surface area contributed by atoms with Crippen LogP contribution < -0.4 is 16.0 Å². The smallest absolute Gasteiger partial charge is 0.399 e. The maximum absolute atomic E-state index is 13.2. The lowest BCUT2D eigenvalue weighted by Crippen LogP contribution is -2.36. The standard InChI is InChI=1S/C21H21ClF3N5O/c1-12(13-6-14(21(23,24)25)8-15(26)7-13)28-18-10-19(22)29-20-17(18)9-16(11-27-20)30-2-4-31-5-3-30/h6-12H,2-5,26H2,1H3,(H,27,28,29). The molecule has 0 aliphatic carbocycles. The Bertz CT molecular complexity index is 1100. The molecule has 0 spiro atoms. The van der Waals surface area contributed by atoms with Gasteiger partial charge in [0, 0.05) is 35.9 Å². The van der Waals surface area contributed by atoms with Gasteiger partial charge in [0.1, 0.15) is 5.15 Å². The first-order valence-corrected chi connectivity index (χ1v) is 10.1. The predicted octanol–water partition coefficient (Wildman–Crippen LogP) is 4.89. The van der Waals surface area contributed by atoms with E-state index in [4.69, 9.17) is 22.1 Å². The van der Waals surface area contributed by atoms with Crippen LogP contribution in [0.2, 0.25) is 5.15 Å². The zero-order valence-electron chi connectivity index (χ0n) is 16.7. The fourth-order valence-electron chi connectivity index (χ4n) is 3.58. The first-order chi connectivity index (χ1) is 14.7. The molecule has 1 aromatic carbocycles. The van der Waals surface area contributed by atoms with Crippen molar-refractivity contribution in [1.82, 2.24) is 9.97 Å². The highest BCUT2D eigenvalue weighted by molar-refractivity contribution is 6.30. The summed E-state index contributed by atoms with van der Waals surface area (Å²) in [6.07, 6.45) is -2.74. The largest absolute Gasteiger partial charge is 0.416 e. The van der Waals surface area contributed by atoms with E-state index in [0.29, 0.717) is 30.1 Å². The number of nitrogen functional groups attached to an aromatic ring is 1. The van der Waals surface area contributed by atoms with Gasteiger partial charge in [-0.2, -0.15) is 13.2 Å². The number of nitrogens with one attached hydrogen (secondary N) is 1. The number of ether oxygens (including phenoxy) is 1. The van der Waals surface area contributed by atoms with Crippen molar-refractivity contribution in [2.75, 3.05) is 42.3 Å². The molecule has 0 radical (unpaired) electrons.